The predicted octanol–water partition coefficient (Wildman–Crippen LogP) is 3.40. The van der Waals surface area contributed by atoms with Crippen LogP contribution < -0.4 is 5.32 Å². The van der Waals surface area contributed by atoms with Crippen LogP contribution in [0.2, 0.25) is 10.0 Å². The first-order valence-electron chi connectivity index (χ1n) is 6.03. The van der Waals surface area contributed by atoms with Crippen molar-refractivity contribution in [3.63, 3.8) is 0 Å². The molecule has 0 saturated heterocycles. The molecule has 0 saturated carbocycles. The first-order valence-corrected chi connectivity index (χ1v) is 6.78. The lowest BCUT2D eigenvalue weighted by Crippen LogP contribution is -2.25. The molecule has 1 N–H and O–H groups in total. The second kappa shape index (κ2) is 5.81. The molecule has 2 aromatic heterocycles. The van der Waals surface area contributed by atoms with Crippen LogP contribution in [0, 0.1) is 13.8 Å². The summed E-state index contributed by atoms with van der Waals surface area (Å²) in [6.07, 6.45) is 1.40. The summed E-state index contributed by atoms with van der Waals surface area (Å²) in [5.41, 5.74) is 1.79. The van der Waals surface area contributed by atoms with Gasteiger partial charge in [0, 0.05) is 18.0 Å². The van der Waals surface area contributed by atoms with Gasteiger partial charge in [0.25, 0.3) is 0 Å². The van der Waals surface area contributed by atoms with Gasteiger partial charge in [-0.15, -0.1) is 0 Å². The number of hydrogen-bond donors (Lipinski definition) is 1. The van der Waals surface area contributed by atoms with Gasteiger partial charge < -0.3 is 5.32 Å². The molecule has 0 aliphatic rings. The normalized spacial score (nSPS) is 12.2. The number of pyridine rings is 1. The van der Waals surface area contributed by atoms with Gasteiger partial charge in [-0.25, -0.2) is 4.98 Å². The van der Waals surface area contributed by atoms with E-state index in [-0.39, 0.29) is 5.91 Å². The van der Waals surface area contributed by atoms with Crippen LogP contribution in [0.3, 0.4) is 0 Å². The molecule has 7 heteroatoms. The Labute approximate surface area is 126 Å². The van der Waals surface area contributed by atoms with E-state index in [1.54, 1.807) is 11.6 Å². The molecule has 0 radical (unpaired) electrons. The van der Waals surface area contributed by atoms with Crippen LogP contribution in [-0.2, 0) is 4.79 Å². The second-order valence-corrected chi connectivity index (χ2v) is 5.33. The van der Waals surface area contributed by atoms with Gasteiger partial charge in [0.2, 0.25) is 5.91 Å². The zero-order valence-corrected chi connectivity index (χ0v) is 12.8. The van der Waals surface area contributed by atoms with Crippen molar-refractivity contribution in [1.82, 2.24) is 14.8 Å². The highest BCUT2D eigenvalue weighted by molar-refractivity contribution is 6.42. The average molecular weight is 313 g/mol. The van der Waals surface area contributed by atoms with E-state index >= 15 is 0 Å². The van der Waals surface area contributed by atoms with E-state index in [9.17, 15) is 4.79 Å². The summed E-state index contributed by atoms with van der Waals surface area (Å²) in [5.74, 6) is 0.139. The Hall–Kier alpha value is -1.59. The Morgan fingerprint density at radius 2 is 2.00 bits per heavy atom. The number of rotatable bonds is 3. The van der Waals surface area contributed by atoms with E-state index in [1.165, 1.54) is 12.3 Å². The van der Waals surface area contributed by atoms with Gasteiger partial charge in [-0.05, 0) is 26.8 Å². The SMILES string of the molecule is Cc1cc(C)n(C(C)C(=O)Nc2cc(Cl)c(Cl)cn2)n1. The molecular weight excluding hydrogens is 299 g/mol. The standard InChI is InChI=1S/C13H14Cl2N4O/c1-7-4-8(2)19(18-7)9(3)13(20)17-12-5-10(14)11(15)6-16-12/h4-6,9H,1-3H3,(H,16,17,20). The van der Waals surface area contributed by atoms with Crippen molar-refractivity contribution in [2.75, 3.05) is 5.32 Å². The number of nitrogens with one attached hydrogen (secondary N) is 1. The largest absolute Gasteiger partial charge is 0.309 e. The zero-order valence-electron chi connectivity index (χ0n) is 11.3. The number of carbonyl (C=O) groups is 1. The molecule has 0 spiro atoms. The lowest BCUT2D eigenvalue weighted by atomic mass is 10.3. The van der Waals surface area contributed by atoms with E-state index in [2.05, 4.69) is 15.4 Å². The van der Waals surface area contributed by atoms with E-state index < -0.39 is 6.04 Å². The average Bonchev–Trinajstić information content (AvgIpc) is 2.72. The summed E-state index contributed by atoms with van der Waals surface area (Å²) >= 11 is 11.7. The second-order valence-electron chi connectivity index (χ2n) is 4.52. The van der Waals surface area contributed by atoms with E-state index in [4.69, 9.17) is 23.2 Å². The number of hydrogen-bond acceptors (Lipinski definition) is 3. The lowest BCUT2D eigenvalue weighted by molar-refractivity contribution is -0.119. The molecule has 5 nitrogen and oxygen atoms in total. The Balaban J connectivity index is 2.15. The highest BCUT2D eigenvalue weighted by Crippen LogP contribution is 2.23. The fourth-order valence-electron chi connectivity index (χ4n) is 1.86. The lowest BCUT2D eigenvalue weighted by Gasteiger charge is -2.14. The van der Waals surface area contributed by atoms with Gasteiger partial charge >= 0.3 is 0 Å². The van der Waals surface area contributed by atoms with Crippen molar-refractivity contribution >= 4 is 34.9 Å². The van der Waals surface area contributed by atoms with Gasteiger partial charge in [0.05, 0.1) is 15.7 Å². The number of amides is 1. The topological polar surface area (TPSA) is 59.8 Å². The van der Waals surface area contributed by atoms with Crippen LogP contribution in [-0.4, -0.2) is 20.7 Å². The van der Waals surface area contributed by atoms with Crippen molar-refractivity contribution in [3.05, 3.63) is 39.8 Å². The molecule has 106 valence electrons. The Kier molecular flexibility index (Phi) is 4.30. The maximum atomic E-state index is 12.2. The zero-order chi connectivity index (χ0) is 14.9. The van der Waals surface area contributed by atoms with E-state index in [0.29, 0.717) is 15.9 Å². The number of aromatic nitrogens is 3. The molecule has 0 bridgehead atoms. The number of nitrogens with zero attached hydrogens (tertiary/aromatic N) is 3. The highest BCUT2D eigenvalue weighted by atomic mass is 35.5. The minimum atomic E-state index is -0.444. The molecule has 0 fully saturated rings. The van der Waals surface area contributed by atoms with Crippen LogP contribution in [0.25, 0.3) is 0 Å². The van der Waals surface area contributed by atoms with Crippen molar-refractivity contribution < 1.29 is 4.79 Å². The van der Waals surface area contributed by atoms with Gasteiger partial charge in [-0.3, -0.25) is 9.48 Å². The van der Waals surface area contributed by atoms with E-state index in [1.807, 2.05) is 19.9 Å². The maximum absolute atomic E-state index is 12.2. The first kappa shape index (κ1) is 14.8. The Morgan fingerprint density at radius 1 is 1.30 bits per heavy atom. The Morgan fingerprint density at radius 3 is 2.55 bits per heavy atom. The van der Waals surface area contributed by atoms with Gasteiger partial charge in [-0.2, -0.15) is 5.10 Å². The van der Waals surface area contributed by atoms with Gasteiger partial charge in [0.1, 0.15) is 11.9 Å². The fourth-order valence-corrected chi connectivity index (χ4v) is 2.12. The van der Waals surface area contributed by atoms with Crippen LogP contribution in [0.4, 0.5) is 5.82 Å². The van der Waals surface area contributed by atoms with Crippen molar-refractivity contribution in [1.29, 1.82) is 0 Å². The molecule has 2 rings (SSSR count). The number of carbonyl (C=O) groups excluding carboxylic acids is 1. The smallest absolute Gasteiger partial charge is 0.250 e. The molecule has 0 aromatic carbocycles. The summed E-state index contributed by atoms with van der Waals surface area (Å²) in [6.45, 7) is 5.56. The maximum Gasteiger partial charge on any atom is 0.250 e. The molecule has 1 atom stereocenters. The van der Waals surface area contributed by atoms with Crippen molar-refractivity contribution in [2.24, 2.45) is 0 Å². The van der Waals surface area contributed by atoms with Crippen molar-refractivity contribution in [2.45, 2.75) is 26.8 Å². The quantitative estimate of drug-likeness (QED) is 0.945. The molecule has 0 aliphatic heterocycles. The van der Waals surface area contributed by atoms with Crippen LogP contribution in [0.15, 0.2) is 18.3 Å². The molecule has 1 unspecified atom stereocenters. The van der Waals surface area contributed by atoms with E-state index in [0.717, 1.165) is 11.4 Å². The fraction of sp³-hybridized carbons (Fsp3) is 0.308. The summed E-state index contributed by atoms with van der Waals surface area (Å²) in [4.78, 5) is 16.2. The minimum absolute atomic E-state index is 0.220. The number of anilines is 1. The predicted molar refractivity (Wildman–Crippen MR) is 79.3 cm³/mol. The van der Waals surface area contributed by atoms with Gasteiger partial charge in [-0.1, -0.05) is 23.2 Å². The Bertz CT molecular complexity index is 654. The summed E-state index contributed by atoms with van der Waals surface area (Å²) in [7, 11) is 0. The van der Waals surface area contributed by atoms with Gasteiger partial charge in [0.15, 0.2) is 0 Å². The number of aryl methyl sites for hydroxylation is 2. The van der Waals surface area contributed by atoms with Crippen LogP contribution in [0.5, 0.6) is 0 Å². The molecule has 2 aromatic rings. The monoisotopic (exact) mass is 312 g/mol. The highest BCUT2D eigenvalue weighted by Gasteiger charge is 2.18. The van der Waals surface area contributed by atoms with Crippen molar-refractivity contribution in [3.8, 4) is 0 Å². The summed E-state index contributed by atoms with van der Waals surface area (Å²) in [6, 6.07) is 2.98. The van der Waals surface area contributed by atoms with Crippen LogP contribution in [0.1, 0.15) is 24.4 Å². The first-order chi connectivity index (χ1) is 9.38. The summed E-state index contributed by atoms with van der Waals surface area (Å²) < 4.78 is 1.67. The molecule has 20 heavy (non-hydrogen) atoms. The third-order valence-electron chi connectivity index (χ3n) is 2.85. The number of halogens is 2. The molecule has 0 aliphatic carbocycles. The third-order valence-corrected chi connectivity index (χ3v) is 3.56. The molecule has 1 amide bonds. The third kappa shape index (κ3) is 3.11. The summed E-state index contributed by atoms with van der Waals surface area (Å²) in [5, 5.41) is 7.67. The molecular formula is C13H14Cl2N4O. The molecule has 2 heterocycles. The minimum Gasteiger partial charge on any atom is -0.309 e. The van der Waals surface area contributed by atoms with Crippen LogP contribution >= 0.6 is 23.2 Å².